The summed E-state index contributed by atoms with van der Waals surface area (Å²) in [4.78, 5) is 54.2. The Balaban J connectivity index is 0.000000130. The number of nitrogens with zero attached hydrogens (tertiary/aromatic N) is 11. The first-order chi connectivity index (χ1) is 60.3. The average Bonchev–Trinajstić information content (AvgIpc) is 1.58. The van der Waals surface area contributed by atoms with E-state index in [1.807, 2.05) is 206 Å². The van der Waals surface area contributed by atoms with Crippen LogP contribution >= 0.6 is 11.6 Å². The van der Waals surface area contributed by atoms with Gasteiger partial charge < -0.3 is 9.31 Å². The van der Waals surface area contributed by atoms with E-state index in [2.05, 4.69) is 219 Å². The SMILES string of the molecule is CC1(C)OB(c2cccc(-c3nc(-c4ccccc4)nc(-c4ccccc4)n3)c2)OC1(C)C.CC1(C)c2ccccc2-c2ccc(-c3nc(-c4ccccc4)nc(-c4ccc(-c5cccc(-c6cc(-c7ccccc7)nc(-c7ccccc7)n6)c5)cc4)n3)cc21.CC1(C)c2ccccc2-c2ccc(-c3nc(-c4ccccc4)nc(-c4ccc(Cl)cc4)n3)cc21. The van der Waals surface area contributed by atoms with Crippen molar-refractivity contribution >= 4 is 24.2 Å². The van der Waals surface area contributed by atoms with Gasteiger partial charge in [-0.05, 0) is 137 Å². The second-order valence-electron chi connectivity index (χ2n) is 33.3. The molecule has 0 saturated carbocycles. The molecule has 14 aromatic carbocycles. The second kappa shape index (κ2) is 33.1. The van der Waals surface area contributed by atoms with Crippen LogP contribution in [0.5, 0.6) is 0 Å². The molecule has 3 aliphatic rings. The molecule has 5 heterocycles. The molecule has 15 heteroatoms. The number of rotatable bonds is 14. The Kier molecular flexibility index (Phi) is 21.2. The zero-order valence-corrected chi connectivity index (χ0v) is 70.7. The van der Waals surface area contributed by atoms with Crippen molar-refractivity contribution in [1.82, 2.24) is 54.8 Å². The number of aromatic nitrogens is 11. The van der Waals surface area contributed by atoms with Crippen LogP contribution in [0, 0.1) is 0 Å². The summed E-state index contributed by atoms with van der Waals surface area (Å²) in [5.74, 6) is 6.45. The van der Waals surface area contributed by atoms with Crippen molar-refractivity contribution in [1.29, 1.82) is 0 Å². The average molecular weight is 1630 g/mol. The van der Waals surface area contributed by atoms with Gasteiger partial charge in [-0.3, -0.25) is 0 Å². The van der Waals surface area contributed by atoms with Gasteiger partial charge in [-0.25, -0.2) is 54.8 Å². The Labute approximate surface area is 728 Å². The maximum Gasteiger partial charge on any atom is 0.494 e. The maximum absolute atomic E-state index is 6.25. The van der Waals surface area contributed by atoms with Gasteiger partial charge in [0.2, 0.25) is 0 Å². The third-order valence-electron chi connectivity index (χ3n) is 24.0. The zero-order valence-electron chi connectivity index (χ0n) is 69.9. The summed E-state index contributed by atoms with van der Waals surface area (Å²) in [6.07, 6.45) is 0. The number of benzene rings is 14. The minimum absolute atomic E-state index is 0.0871. The molecule has 21 rings (SSSR count). The van der Waals surface area contributed by atoms with Gasteiger partial charge in [0.05, 0.1) is 22.6 Å². The highest BCUT2D eigenvalue weighted by atomic mass is 35.5. The van der Waals surface area contributed by atoms with Gasteiger partial charge in [0.25, 0.3) is 0 Å². The molecule has 0 bridgehead atoms. The van der Waals surface area contributed by atoms with E-state index >= 15 is 0 Å². The van der Waals surface area contributed by atoms with Crippen LogP contribution in [0.25, 0.3) is 170 Å². The van der Waals surface area contributed by atoms with Gasteiger partial charge in [0, 0.05) is 82.6 Å². The molecule has 0 atom stereocenters. The molecule has 0 unspecified atom stereocenters. The standard InChI is InChI=1S/C52H37N5.C30H22ClN3.C27H26BN3O2/c1-52(2)44-24-13-12-23-42(44)43-30-29-41(32-45(43)52)51-56-49(37-19-10-5-11-20-37)55-50(57-51)38-27-25-34(26-28-38)39-21-14-22-40(31-39)47-33-46(35-15-6-3-7-16-35)53-48(54-47)36-17-8-4-9-18-36;1-30(2)25-11-7-6-10-23(25)24-17-14-21(18-26(24)30)29-33-27(19-8-4-3-5-9-19)32-28(34-29)20-12-15-22(31)16-13-20;1-26(2)27(3,4)33-28(32-26)22-17-11-16-21(18-22)25-30-23(19-12-7-5-8-13-19)29-24(31-25)20-14-9-6-10-15-20/h3-33H,1-2H3;3-18H,1-2H3;5-18H,1-4H3. The quantitative estimate of drug-likeness (QED) is 0.0947. The first-order valence-electron chi connectivity index (χ1n) is 41.7. The van der Waals surface area contributed by atoms with Crippen molar-refractivity contribution in [3.05, 3.63) is 397 Å². The number of hydrogen-bond acceptors (Lipinski definition) is 13. The lowest BCUT2D eigenvalue weighted by Crippen LogP contribution is -2.41. The normalized spacial score (nSPS) is 13.9. The van der Waals surface area contributed by atoms with Crippen molar-refractivity contribution in [2.75, 3.05) is 0 Å². The van der Waals surface area contributed by atoms with Gasteiger partial charge in [-0.2, -0.15) is 0 Å². The van der Waals surface area contributed by atoms with Gasteiger partial charge in [-0.1, -0.05) is 361 Å². The molecule has 598 valence electrons. The predicted octanol–water partition coefficient (Wildman–Crippen LogP) is 25.6. The highest BCUT2D eigenvalue weighted by molar-refractivity contribution is 6.62. The van der Waals surface area contributed by atoms with E-state index < -0.39 is 18.3 Å². The van der Waals surface area contributed by atoms with Crippen LogP contribution in [0.3, 0.4) is 0 Å². The van der Waals surface area contributed by atoms with Gasteiger partial charge in [-0.15, -0.1) is 0 Å². The molecule has 4 aromatic heterocycles. The molecule has 1 fully saturated rings. The summed E-state index contributed by atoms with van der Waals surface area (Å²) < 4.78 is 12.5. The molecule has 0 N–H and O–H groups in total. The summed E-state index contributed by atoms with van der Waals surface area (Å²) in [6, 6.07) is 126. The predicted molar refractivity (Wildman–Crippen MR) is 502 cm³/mol. The largest absolute Gasteiger partial charge is 0.494 e. The molecular formula is C109H85BClN11O2. The molecule has 0 spiro atoms. The molecule has 0 amide bonds. The summed E-state index contributed by atoms with van der Waals surface area (Å²) in [7, 11) is -0.445. The smallest absolute Gasteiger partial charge is 0.399 e. The van der Waals surface area contributed by atoms with E-state index in [0.29, 0.717) is 63.3 Å². The van der Waals surface area contributed by atoms with E-state index in [9.17, 15) is 0 Å². The topological polar surface area (TPSA) is 160 Å². The molecular weight excluding hydrogens is 1540 g/mol. The third-order valence-corrected chi connectivity index (χ3v) is 24.2. The fourth-order valence-corrected chi connectivity index (χ4v) is 16.6. The van der Waals surface area contributed by atoms with Crippen LogP contribution in [0.4, 0.5) is 0 Å². The Morgan fingerprint density at radius 1 is 0.202 bits per heavy atom. The Morgan fingerprint density at radius 2 is 0.468 bits per heavy atom. The van der Waals surface area contributed by atoms with E-state index in [1.165, 1.54) is 44.5 Å². The summed E-state index contributed by atoms with van der Waals surface area (Å²) in [5.41, 5.74) is 25.7. The van der Waals surface area contributed by atoms with Crippen molar-refractivity contribution < 1.29 is 9.31 Å². The molecule has 124 heavy (non-hydrogen) atoms. The number of halogens is 1. The van der Waals surface area contributed by atoms with Gasteiger partial charge >= 0.3 is 7.12 Å². The van der Waals surface area contributed by atoms with Crippen molar-refractivity contribution in [3.8, 4) is 170 Å². The van der Waals surface area contributed by atoms with Crippen LogP contribution in [0.2, 0.25) is 5.02 Å². The lowest BCUT2D eigenvalue weighted by atomic mass is 9.78. The minimum atomic E-state index is -0.445. The first-order valence-corrected chi connectivity index (χ1v) is 42.1. The number of fused-ring (bicyclic) bond motifs is 6. The lowest BCUT2D eigenvalue weighted by Gasteiger charge is -2.32. The molecule has 1 aliphatic heterocycles. The molecule has 0 radical (unpaired) electrons. The Morgan fingerprint density at radius 3 is 0.863 bits per heavy atom. The van der Waals surface area contributed by atoms with Crippen molar-refractivity contribution in [2.45, 2.75) is 77.4 Å². The van der Waals surface area contributed by atoms with E-state index in [4.69, 9.17) is 75.7 Å². The maximum atomic E-state index is 6.25. The van der Waals surface area contributed by atoms with E-state index in [1.54, 1.807) is 0 Å². The van der Waals surface area contributed by atoms with Gasteiger partial charge in [0.15, 0.2) is 58.2 Å². The van der Waals surface area contributed by atoms with Crippen molar-refractivity contribution in [3.63, 3.8) is 0 Å². The van der Waals surface area contributed by atoms with Crippen molar-refractivity contribution in [2.24, 2.45) is 0 Å². The Hall–Kier alpha value is -14.5. The summed E-state index contributed by atoms with van der Waals surface area (Å²) in [5, 5.41) is 0.682. The van der Waals surface area contributed by atoms with Crippen LogP contribution in [0.15, 0.2) is 370 Å². The zero-order chi connectivity index (χ0) is 84.7. The first kappa shape index (κ1) is 79.3. The molecule has 2 aliphatic carbocycles. The fourth-order valence-electron chi connectivity index (χ4n) is 16.5. The highest BCUT2D eigenvalue weighted by Crippen LogP contribution is 2.52. The van der Waals surface area contributed by atoms with Crippen LogP contribution < -0.4 is 5.46 Å². The third kappa shape index (κ3) is 15.9. The molecule has 13 nitrogen and oxygen atoms in total. The van der Waals surface area contributed by atoms with Crippen LogP contribution in [-0.4, -0.2) is 73.1 Å². The lowest BCUT2D eigenvalue weighted by molar-refractivity contribution is 0.00578. The van der Waals surface area contributed by atoms with E-state index in [-0.39, 0.29) is 10.8 Å². The fraction of sp³-hybridized carbons (Fsp3) is 0.110. The number of hydrogen-bond donors (Lipinski definition) is 0. The minimum Gasteiger partial charge on any atom is -0.399 e. The highest BCUT2D eigenvalue weighted by Gasteiger charge is 2.52. The molecule has 1 saturated heterocycles. The van der Waals surface area contributed by atoms with E-state index in [0.717, 1.165) is 94.7 Å². The van der Waals surface area contributed by atoms with Crippen LogP contribution in [-0.2, 0) is 20.1 Å². The summed E-state index contributed by atoms with van der Waals surface area (Å²) >= 11 is 6.12. The summed E-state index contributed by atoms with van der Waals surface area (Å²) in [6.45, 7) is 17.4. The second-order valence-corrected chi connectivity index (χ2v) is 33.8. The monoisotopic (exact) mass is 1630 g/mol. The van der Waals surface area contributed by atoms with Gasteiger partial charge in [0.1, 0.15) is 0 Å². The Bertz CT molecular complexity index is 6860. The molecule has 18 aromatic rings. The van der Waals surface area contributed by atoms with Crippen LogP contribution in [0.1, 0.15) is 77.6 Å².